The molecule has 0 spiro atoms. The minimum absolute atomic E-state index is 0.157. The molecule has 0 aliphatic heterocycles. The molecule has 5 heteroatoms. The van der Waals surface area contributed by atoms with Gasteiger partial charge in [-0.25, -0.2) is 0 Å². The Bertz CT molecular complexity index is 378. The van der Waals surface area contributed by atoms with Crippen molar-refractivity contribution in [1.82, 2.24) is 0 Å². The molecule has 0 aliphatic rings. The van der Waals surface area contributed by atoms with E-state index in [1.807, 2.05) is 13.8 Å². The van der Waals surface area contributed by atoms with Crippen LogP contribution in [0.15, 0.2) is 6.07 Å². The van der Waals surface area contributed by atoms with E-state index in [-0.39, 0.29) is 12.0 Å². The number of rotatable bonds is 4. The first-order valence-electron chi connectivity index (χ1n) is 5.43. The molecule has 0 aliphatic carbocycles. The van der Waals surface area contributed by atoms with Crippen molar-refractivity contribution in [3.8, 4) is 0 Å². The Morgan fingerprint density at radius 2 is 1.47 bits per heavy atom. The Labute approximate surface area is 122 Å². The van der Waals surface area contributed by atoms with Gasteiger partial charge in [0.05, 0.1) is 20.1 Å². The largest absolute Gasteiger partial charge is 0.328 e. The molecule has 0 heterocycles. The van der Waals surface area contributed by atoms with Crippen molar-refractivity contribution in [2.24, 2.45) is 5.73 Å². The maximum absolute atomic E-state index is 6.17. The van der Waals surface area contributed by atoms with Crippen LogP contribution in [0, 0.1) is 0 Å². The number of nitrogens with two attached hydrogens (primary N) is 1. The number of hydrogen-bond donors (Lipinski definition) is 1. The van der Waals surface area contributed by atoms with Gasteiger partial charge in [0.25, 0.3) is 0 Å². The van der Waals surface area contributed by atoms with Crippen molar-refractivity contribution in [2.45, 2.75) is 38.6 Å². The normalized spacial score (nSPS) is 14.8. The zero-order chi connectivity index (χ0) is 13.2. The predicted octanol–water partition coefficient (Wildman–Crippen LogP) is 5.53. The molecule has 0 amide bonds. The van der Waals surface area contributed by atoms with Gasteiger partial charge in [-0.15, -0.1) is 0 Å². The predicted molar refractivity (Wildman–Crippen MR) is 77.8 cm³/mol. The molecule has 17 heavy (non-hydrogen) atoms. The second-order valence-electron chi connectivity index (χ2n) is 4.34. The van der Waals surface area contributed by atoms with E-state index in [2.05, 4.69) is 0 Å². The van der Waals surface area contributed by atoms with Crippen molar-refractivity contribution < 1.29 is 0 Å². The molecule has 0 fully saturated rings. The molecule has 1 nitrogen and oxygen atoms in total. The fourth-order valence-corrected chi connectivity index (χ4v) is 2.88. The Kier molecular flexibility index (Phi) is 5.88. The molecule has 0 aromatic heterocycles. The van der Waals surface area contributed by atoms with E-state index in [1.165, 1.54) is 0 Å². The second kappa shape index (κ2) is 6.49. The molecular weight excluding hydrogens is 300 g/mol. The van der Waals surface area contributed by atoms with E-state index in [1.54, 1.807) is 6.07 Å². The third kappa shape index (κ3) is 3.90. The van der Waals surface area contributed by atoms with Gasteiger partial charge in [0.1, 0.15) is 0 Å². The molecule has 0 bridgehead atoms. The van der Waals surface area contributed by atoms with Gasteiger partial charge >= 0.3 is 0 Å². The zero-order valence-corrected chi connectivity index (χ0v) is 12.8. The van der Waals surface area contributed by atoms with Crippen LogP contribution >= 0.6 is 46.4 Å². The maximum Gasteiger partial charge on any atom is 0.0642 e. The Morgan fingerprint density at radius 3 is 1.88 bits per heavy atom. The number of benzene rings is 1. The van der Waals surface area contributed by atoms with Crippen LogP contribution in [0.25, 0.3) is 0 Å². The van der Waals surface area contributed by atoms with Gasteiger partial charge in [-0.05, 0) is 37.3 Å². The highest BCUT2D eigenvalue weighted by atomic mass is 35.5. The van der Waals surface area contributed by atoms with E-state index >= 15 is 0 Å². The summed E-state index contributed by atoms with van der Waals surface area (Å²) in [6.45, 7) is 4.02. The lowest BCUT2D eigenvalue weighted by Crippen LogP contribution is -2.15. The topological polar surface area (TPSA) is 26.0 Å². The van der Waals surface area contributed by atoms with Crippen LogP contribution in [0.4, 0.5) is 0 Å². The van der Waals surface area contributed by atoms with Crippen molar-refractivity contribution in [2.75, 3.05) is 0 Å². The summed E-state index contributed by atoms with van der Waals surface area (Å²) in [5, 5.41) is 1.84. The summed E-state index contributed by atoms with van der Waals surface area (Å²) < 4.78 is 0. The van der Waals surface area contributed by atoms with Gasteiger partial charge < -0.3 is 5.73 Å². The van der Waals surface area contributed by atoms with E-state index in [0.29, 0.717) is 20.1 Å². The summed E-state index contributed by atoms with van der Waals surface area (Å²) in [7, 11) is 0. The summed E-state index contributed by atoms with van der Waals surface area (Å²) in [6, 6.07) is 1.72. The van der Waals surface area contributed by atoms with Gasteiger partial charge in [0, 0.05) is 6.04 Å². The lowest BCUT2D eigenvalue weighted by atomic mass is 9.94. The first-order chi connectivity index (χ1) is 7.84. The van der Waals surface area contributed by atoms with E-state index in [4.69, 9.17) is 52.1 Å². The molecule has 2 N–H and O–H groups in total. The second-order valence-corrected chi connectivity index (χ2v) is 5.91. The first kappa shape index (κ1) is 15.4. The van der Waals surface area contributed by atoms with Crippen LogP contribution < -0.4 is 5.73 Å². The smallest absolute Gasteiger partial charge is 0.0642 e. The van der Waals surface area contributed by atoms with Crippen LogP contribution in [0.3, 0.4) is 0 Å². The average molecular weight is 315 g/mol. The first-order valence-corrected chi connectivity index (χ1v) is 6.94. The fraction of sp³-hybridized carbons (Fsp3) is 0.500. The summed E-state index contributed by atoms with van der Waals surface area (Å²) in [5.74, 6) is 0.178. The highest BCUT2D eigenvalue weighted by Gasteiger charge is 2.19. The maximum atomic E-state index is 6.17. The van der Waals surface area contributed by atoms with Crippen molar-refractivity contribution in [3.63, 3.8) is 0 Å². The molecule has 2 unspecified atom stereocenters. The van der Waals surface area contributed by atoms with Crippen LogP contribution in [0.5, 0.6) is 0 Å². The van der Waals surface area contributed by atoms with Crippen molar-refractivity contribution in [1.29, 1.82) is 0 Å². The van der Waals surface area contributed by atoms with Crippen molar-refractivity contribution >= 4 is 46.4 Å². The molecule has 0 radical (unpaired) electrons. The molecule has 1 rings (SSSR count). The molecule has 0 saturated heterocycles. The minimum Gasteiger partial charge on any atom is -0.328 e. The third-order valence-corrected chi connectivity index (χ3v) is 4.30. The Morgan fingerprint density at radius 1 is 1.00 bits per heavy atom. The number of halogens is 4. The van der Waals surface area contributed by atoms with Crippen LogP contribution in [-0.2, 0) is 0 Å². The van der Waals surface area contributed by atoms with Crippen LogP contribution in [-0.4, -0.2) is 6.04 Å². The standard InChI is InChI=1S/C12H15Cl4N/c1-6(3-4-7(2)17)10-11(15)8(13)5-9(14)12(10)16/h5-7H,3-4,17H2,1-2H3. The van der Waals surface area contributed by atoms with Crippen LogP contribution in [0.1, 0.15) is 38.2 Å². The summed E-state index contributed by atoms with van der Waals surface area (Å²) >= 11 is 24.3. The molecule has 0 saturated carbocycles. The minimum atomic E-state index is 0.157. The van der Waals surface area contributed by atoms with Gasteiger partial charge in [0.2, 0.25) is 0 Å². The Hall–Kier alpha value is 0.340. The third-order valence-electron chi connectivity index (χ3n) is 2.69. The van der Waals surface area contributed by atoms with Gasteiger partial charge in [-0.1, -0.05) is 53.3 Å². The summed E-state index contributed by atoms with van der Waals surface area (Å²) in [5.41, 5.74) is 6.55. The fourth-order valence-electron chi connectivity index (χ4n) is 1.68. The van der Waals surface area contributed by atoms with Gasteiger partial charge in [0.15, 0.2) is 0 Å². The van der Waals surface area contributed by atoms with E-state index in [9.17, 15) is 0 Å². The lowest BCUT2D eigenvalue weighted by Gasteiger charge is -2.18. The molecule has 96 valence electrons. The highest BCUT2D eigenvalue weighted by molar-refractivity contribution is 6.48. The monoisotopic (exact) mass is 313 g/mol. The molecule has 1 aromatic rings. The van der Waals surface area contributed by atoms with Gasteiger partial charge in [-0.2, -0.15) is 0 Å². The molecule has 1 aromatic carbocycles. The Balaban J connectivity index is 3.03. The molecular formula is C12H15Cl4N. The van der Waals surface area contributed by atoms with E-state index in [0.717, 1.165) is 18.4 Å². The average Bonchev–Trinajstić information content (AvgIpc) is 2.24. The summed E-state index contributed by atoms with van der Waals surface area (Å²) in [4.78, 5) is 0. The molecule has 2 atom stereocenters. The SMILES string of the molecule is CC(N)CCC(C)c1c(Cl)c(Cl)cc(Cl)c1Cl. The highest BCUT2D eigenvalue weighted by Crippen LogP contribution is 2.42. The van der Waals surface area contributed by atoms with Crippen LogP contribution in [0.2, 0.25) is 20.1 Å². The zero-order valence-electron chi connectivity index (χ0n) is 9.74. The van der Waals surface area contributed by atoms with Crippen molar-refractivity contribution in [3.05, 3.63) is 31.7 Å². The quantitative estimate of drug-likeness (QED) is 0.726. The lowest BCUT2D eigenvalue weighted by molar-refractivity contribution is 0.569. The summed E-state index contributed by atoms with van der Waals surface area (Å²) in [6.07, 6.45) is 1.80. The van der Waals surface area contributed by atoms with E-state index < -0.39 is 0 Å². The van der Waals surface area contributed by atoms with Gasteiger partial charge in [-0.3, -0.25) is 0 Å². The number of hydrogen-bond acceptors (Lipinski definition) is 1.